The van der Waals surface area contributed by atoms with Crippen LogP contribution in [0.2, 0.25) is 0 Å². The summed E-state index contributed by atoms with van der Waals surface area (Å²) in [6, 6.07) is 0. The number of rotatable bonds is 20. The lowest BCUT2D eigenvalue weighted by atomic mass is 9.95. The fourth-order valence-electron chi connectivity index (χ4n) is 3.31. The molecule has 0 bridgehead atoms. The van der Waals surface area contributed by atoms with Crippen LogP contribution in [0, 0.1) is 5.92 Å². The molecule has 2 unspecified atom stereocenters. The van der Waals surface area contributed by atoms with Gasteiger partial charge in [-0.3, -0.25) is 0 Å². The number of hydrogen-bond donors (Lipinski definition) is 2. The summed E-state index contributed by atoms with van der Waals surface area (Å²) in [4.78, 5) is 0. The number of hydrogen-bond acceptors (Lipinski definition) is 6. The van der Waals surface area contributed by atoms with E-state index < -0.39 is 22.9 Å². The van der Waals surface area contributed by atoms with E-state index in [2.05, 4.69) is 11.1 Å². The van der Waals surface area contributed by atoms with Crippen molar-refractivity contribution in [2.24, 2.45) is 11.7 Å². The predicted octanol–water partition coefficient (Wildman–Crippen LogP) is 5.40. The summed E-state index contributed by atoms with van der Waals surface area (Å²) in [5, 5.41) is 10.2. The highest BCUT2D eigenvalue weighted by Gasteiger charge is 2.35. The van der Waals surface area contributed by atoms with Gasteiger partial charge in [0.15, 0.2) is 5.79 Å². The van der Waals surface area contributed by atoms with Crippen LogP contribution in [-0.2, 0) is 18.8 Å². The monoisotopic (exact) mass is 423 g/mol. The Morgan fingerprint density at radius 2 is 1.25 bits per heavy atom. The number of unbranched alkanes of at least 4 members (excludes halogenated alkanes) is 13. The first-order valence-corrected chi connectivity index (χ1v) is 12.6. The third-order valence-electron chi connectivity index (χ3n) is 5.39. The highest BCUT2D eigenvalue weighted by molar-refractivity contribution is 7.81. The van der Waals surface area contributed by atoms with Gasteiger partial charge in [0.25, 0.3) is 0 Å². The fraction of sp³-hybridized carbons (Fsp3) is 1.00. The Morgan fingerprint density at radius 1 is 0.857 bits per heavy atom. The van der Waals surface area contributed by atoms with Crippen molar-refractivity contribution in [1.29, 1.82) is 0 Å². The summed E-state index contributed by atoms with van der Waals surface area (Å²) in [6.45, 7) is 4.87. The van der Waals surface area contributed by atoms with Gasteiger partial charge in [0.1, 0.15) is 6.73 Å². The van der Waals surface area contributed by atoms with Crippen LogP contribution in [0.5, 0.6) is 0 Å². The van der Waals surface area contributed by atoms with Crippen LogP contribution in [0.15, 0.2) is 0 Å². The molecule has 6 nitrogen and oxygen atoms in total. The van der Waals surface area contributed by atoms with Crippen LogP contribution < -0.4 is 5.73 Å². The molecule has 0 aromatic heterocycles. The van der Waals surface area contributed by atoms with Crippen molar-refractivity contribution in [2.75, 3.05) is 6.73 Å². The van der Waals surface area contributed by atoms with Crippen molar-refractivity contribution in [3.8, 4) is 0 Å². The van der Waals surface area contributed by atoms with E-state index in [4.69, 9.17) is 9.92 Å². The largest absolute Gasteiger partial charge is 0.403 e. The number of nitrogens with two attached hydrogens (primary N) is 1. The van der Waals surface area contributed by atoms with Crippen LogP contribution in [0.4, 0.5) is 0 Å². The van der Waals surface area contributed by atoms with Gasteiger partial charge in [-0.15, -0.1) is 0 Å². The van der Waals surface area contributed by atoms with Crippen molar-refractivity contribution < 1.29 is 21.9 Å². The van der Waals surface area contributed by atoms with E-state index in [1.54, 1.807) is 6.92 Å². The first-order chi connectivity index (χ1) is 13.2. The van der Waals surface area contributed by atoms with E-state index in [9.17, 15) is 13.5 Å². The predicted molar refractivity (Wildman–Crippen MR) is 115 cm³/mol. The normalized spacial score (nSPS) is 15.5. The molecule has 0 heterocycles. The second kappa shape index (κ2) is 16.6. The van der Waals surface area contributed by atoms with Crippen LogP contribution in [0.3, 0.4) is 0 Å². The Kier molecular flexibility index (Phi) is 16.4. The van der Waals surface area contributed by atoms with Crippen LogP contribution in [-0.4, -0.2) is 26.0 Å². The second-order valence-electron chi connectivity index (χ2n) is 8.12. The second-order valence-corrected chi connectivity index (χ2v) is 9.34. The van der Waals surface area contributed by atoms with Gasteiger partial charge >= 0.3 is 10.4 Å². The summed E-state index contributed by atoms with van der Waals surface area (Å²) in [6.07, 6.45) is 18.8. The van der Waals surface area contributed by atoms with Gasteiger partial charge in [0.2, 0.25) is 0 Å². The zero-order chi connectivity index (χ0) is 21.3. The highest BCUT2D eigenvalue weighted by Crippen LogP contribution is 2.26. The Labute approximate surface area is 173 Å². The molecule has 0 saturated heterocycles. The summed E-state index contributed by atoms with van der Waals surface area (Å²) >= 11 is 0. The van der Waals surface area contributed by atoms with Gasteiger partial charge < -0.3 is 10.8 Å². The van der Waals surface area contributed by atoms with Crippen molar-refractivity contribution in [3.63, 3.8) is 0 Å². The van der Waals surface area contributed by atoms with Crippen molar-refractivity contribution >= 4 is 10.4 Å². The van der Waals surface area contributed by atoms with E-state index in [0.29, 0.717) is 6.42 Å². The van der Waals surface area contributed by atoms with Crippen molar-refractivity contribution in [3.05, 3.63) is 0 Å². The molecule has 2 atom stereocenters. The van der Waals surface area contributed by atoms with E-state index in [-0.39, 0.29) is 5.92 Å². The average molecular weight is 424 g/mol. The van der Waals surface area contributed by atoms with E-state index in [0.717, 1.165) is 12.8 Å². The third-order valence-corrected chi connectivity index (χ3v) is 6.35. The summed E-state index contributed by atoms with van der Waals surface area (Å²) in [5.74, 6) is -2.11. The standard InChI is InChI=1S/C21H45NO5S/c1-4-5-6-7-8-9-10-11-12-13-14-15-16-17-18-20(2)21(3,23)27-28(24,25)26-19-22/h20,23H,4-19,22H2,1-3H3. The van der Waals surface area contributed by atoms with Gasteiger partial charge in [-0.2, -0.15) is 8.42 Å². The zero-order valence-electron chi connectivity index (χ0n) is 18.5. The Morgan fingerprint density at radius 3 is 1.64 bits per heavy atom. The maximum atomic E-state index is 11.5. The lowest BCUT2D eigenvalue weighted by Crippen LogP contribution is -2.39. The molecular formula is C21H45NO5S. The average Bonchev–Trinajstić information content (AvgIpc) is 2.60. The van der Waals surface area contributed by atoms with Gasteiger partial charge in [-0.05, 0) is 13.3 Å². The summed E-state index contributed by atoms with van der Waals surface area (Å²) in [7, 11) is -4.27. The molecule has 0 radical (unpaired) electrons. The molecule has 0 aliphatic heterocycles. The Bertz CT molecular complexity index is 454. The molecule has 0 aliphatic rings. The lowest BCUT2D eigenvalue weighted by Gasteiger charge is -2.28. The highest BCUT2D eigenvalue weighted by atomic mass is 32.3. The quantitative estimate of drug-likeness (QED) is 0.201. The van der Waals surface area contributed by atoms with Crippen molar-refractivity contribution in [2.45, 2.75) is 123 Å². The molecule has 0 aromatic carbocycles. The molecule has 0 aromatic rings. The molecule has 0 fully saturated rings. The maximum Gasteiger partial charge on any atom is 0.403 e. The molecule has 0 amide bonds. The zero-order valence-corrected chi connectivity index (χ0v) is 19.3. The van der Waals surface area contributed by atoms with E-state index in [1.165, 1.54) is 84.0 Å². The third kappa shape index (κ3) is 15.7. The first-order valence-electron chi connectivity index (χ1n) is 11.3. The van der Waals surface area contributed by atoms with E-state index >= 15 is 0 Å². The van der Waals surface area contributed by atoms with Gasteiger partial charge in [0.05, 0.1) is 0 Å². The molecular weight excluding hydrogens is 378 g/mol. The summed E-state index contributed by atoms with van der Waals surface area (Å²) in [5.41, 5.74) is 5.04. The Balaban J connectivity index is 3.59. The van der Waals surface area contributed by atoms with E-state index in [1.807, 2.05) is 0 Å². The van der Waals surface area contributed by atoms with Crippen molar-refractivity contribution in [1.82, 2.24) is 0 Å². The molecule has 0 aliphatic carbocycles. The Hall–Kier alpha value is -0.210. The molecule has 28 heavy (non-hydrogen) atoms. The molecule has 3 N–H and O–H groups in total. The number of aliphatic hydroxyl groups is 1. The van der Waals surface area contributed by atoms with Gasteiger partial charge in [0, 0.05) is 5.92 Å². The first kappa shape index (κ1) is 27.8. The molecule has 170 valence electrons. The minimum atomic E-state index is -4.27. The molecule has 0 rings (SSSR count). The van der Waals surface area contributed by atoms with Gasteiger partial charge in [-0.25, -0.2) is 8.37 Å². The molecule has 7 heteroatoms. The van der Waals surface area contributed by atoms with Crippen LogP contribution in [0.1, 0.15) is 117 Å². The maximum absolute atomic E-state index is 11.5. The topological polar surface area (TPSA) is 98.8 Å². The summed E-state index contributed by atoms with van der Waals surface area (Å²) < 4.78 is 32.0. The van der Waals surface area contributed by atoms with Crippen LogP contribution >= 0.6 is 0 Å². The minimum Gasteiger partial charge on any atom is -0.364 e. The smallest absolute Gasteiger partial charge is 0.364 e. The minimum absolute atomic E-state index is 0.319. The van der Waals surface area contributed by atoms with Crippen LogP contribution in [0.25, 0.3) is 0 Å². The fourth-order valence-corrected chi connectivity index (χ4v) is 4.10. The molecule has 0 saturated carbocycles. The molecule has 0 spiro atoms. The SMILES string of the molecule is CCCCCCCCCCCCCCCCC(C)C(C)(O)OS(=O)(=O)OCN. The van der Waals surface area contributed by atoms with Gasteiger partial charge in [-0.1, -0.05) is 104 Å². The lowest BCUT2D eigenvalue weighted by molar-refractivity contribution is -0.162.